The fourth-order valence-electron chi connectivity index (χ4n) is 14.0. The minimum absolute atomic E-state index is 0.0284. The van der Waals surface area contributed by atoms with E-state index in [1.165, 1.54) is 36.1 Å². The molecule has 654 valence electrons. The van der Waals surface area contributed by atoms with Gasteiger partial charge in [-0.15, -0.1) is 0 Å². The normalized spacial score (nSPS) is 16.0. The van der Waals surface area contributed by atoms with E-state index in [-0.39, 0.29) is 88.4 Å². The topological polar surface area (TPSA) is 564 Å². The van der Waals surface area contributed by atoms with E-state index in [0.29, 0.717) is 72.1 Å². The second-order valence-corrected chi connectivity index (χ2v) is 34.2. The minimum Gasteiger partial charge on any atom is -0.480 e. The van der Waals surface area contributed by atoms with Gasteiger partial charge in [0.25, 0.3) is 0 Å². The molecule has 6 aromatic carbocycles. The van der Waals surface area contributed by atoms with Gasteiger partial charge in [0.15, 0.2) is 5.96 Å². The highest BCUT2D eigenvalue weighted by Gasteiger charge is 2.41. The molecule has 2 aliphatic heterocycles. The van der Waals surface area contributed by atoms with Crippen LogP contribution in [-0.2, 0) is 123 Å². The Kier molecular flexibility index (Phi) is 36.3. The maximum Gasteiger partial charge on any atom is 0.317 e. The number of hydrogen-bond donors (Lipinski definition) is 17. The van der Waals surface area contributed by atoms with Crippen LogP contribution < -0.4 is 74.9 Å². The van der Waals surface area contributed by atoms with E-state index in [1.54, 1.807) is 86.6 Å². The Morgan fingerprint density at radius 1 is 0.537 bits per heavy atom. The van der Waals surface area contributed by atoms with Crippen LogP contribution in [0.15, 0.2) is 146 Å². The highest BCUT2D eigenvalue weighted by Crippen LogP contribution is 2.23. The lowest BCUT2D eigenvalue weighted by atomic mass is 9.99. The molecule has 2 heterocycles. The molecule has 2 fully saturated rings. The average Bonchev–Trinajstić information content (AvgIpc) is 1.79. The summed E-state index contributed by atoms with van der Waals surface area (Å²) in [6.07, 6.45) is -0.571. The van der Waals surface area contributed by atoms with E-state index in [1.807, 2.05) is 48.5 Å². The molecule has 0 saturated carbocycles. The number of primary sulfonamides is 2. The summed E-state index contributed by atoms with van der Waals surface area (Å²) in [4.78, 5) is 163. The highest BCUT2D eigenvalue weighted by atomic mass is 35.5. The van der Waals surface area contributed by atoms with Crippen molar-refractivity contribution in [1.29, 1.82) is 5.41 Å². The number of aliphatic hydroxyl groups excluding tert-OH is 1. The van der Waals surface area contributed by atoms with E-state index in [9.17, 15) is 55.8 Å². The summed E-state index contributed by atoms with van der Waals surface area (Å²) in [5, 5.41) is 68.4. The third kappa shape index (κ3) is 32.1. The van der Waals surface area contributed by atoms with Crippen molar-refractivity contribution in [3.8, 4) is 0 Å². The average molecular weight is 1730 g/mol. The molecular formula is C82H109ClN18O18S2. The molecule has 121 heavy (non-hydrogen) atoms. The quantitative estimate of drug-likeness (QED) is 0.0122. The SMILES string of the molecule is CC(C)C[C@H](NC(=O)[C@@H](Cc1ccc(CN2CCOCC2)cc1)NC(=O)[C@H](Cc1ccc(CN(CS(N)(=O)=O)CS(N)(=O)=O)cc1)NC(=O)[C@H](CO)NC(=O)[C@@H](Cc1ccccc1)NC(=O)[C@@H](Cc1ccc(Cl)cc1)NC(=O)[C@@H](Cc1ccc2ccccc2c1)NCC(=O)O)C(=O)N[C@@H](CCCNC(=N)N)C(=O)N1CCC[C@H]1C(=O)N[C@H](C)C(N)=O. The number of primary amides is 1. The van der Waals surface area contributed by atoms with Gasteiger partial charge < -0.3 is 79.2 Å². The molecular weight excluding hydrogens is 1620 g/mol. The van der Waals surface area contributed by atoms with Crippen molar-refractivity contribution < 1.29 is 84.5 Å². The number of nitrogens with zero attached hydrogens (tertiary/aromatic N) is 3. The van der Waals surface area contributed by atoms with Crippen molar-refractivity contribution in [3.63, 3.8) is 0 Å². The second kappa shape index (κ2) is 46.1. The van der Waals surface area contributed by atoms with E-state index in [0.717, 1.165) is 21.2 Å². The maximum atomic E-state index is 15.6. The first-order valence-electron chi connectivity index (χ1n) is 39.6. The van der Waals surface area contributed by atoms with Crippen LogP contribution in [0.3, 0.4) is 0 Å². The smallest absolute Gasteiger partial charge is 0.317 e. The summed E-state index contributed by atoms with van der Waals surface area (Å²) in [6.45, 7) is 5.95. The Labute approximate surface area is 707 Å². The lowest BCUT2D eigenvalue weighted by molar-refractivity contribution is -0.142. The molecule has 10 amide bonds. The van der Waals surface area contributed by atoms with Crippen molar-refractivity contribution in [2.45, 2.75) is 158 Å². The van der Waals surface area contributed by atoms with Gasteiger partial charge in [-0.2, -0.15) is 0 Å². The number of guanidine groups is 1. The largest absolute Gasteiger partial charge is 0.480 e. The number of carbonyl (C=O) groups is 11. The number of carboxylic acid groups (broad SMARTS) is 1. The summed E-state index contributed by atoms with van der Waals surface area (Å²) < 4.78 is 54.6. The Bertz CT molecular complexity index is 4790. The number of amides is 10. The number of nitrogens with two attached hydrogens (primary N) is 4. The molecule has 0 bridgehead atoms. The van der Waals surface area contributed by atoms with Crippen LogP contribution in [0.1, 0.15) is 91.8 Å². The van der Waals surface area contributed by atoms with Gasteiger partial charge in [-0.1, -0.05) is 159 Å². The number of likely N-dealkylation sites (tertiary alicyclic amines) is 1. The number of sulfonamides is 2. The Hall–Kier alpha value is -11.1. The molecule has 0 spiro atoms. The molecule has 0 radical (unpaired) electrons. The summed E-state index contributed by atoms with van der Waals surface area (Å²) >= 11 is 6.28. The summed E-state index contributed by atoms with van der Waals surface area (Å²) in [7, 11) is -8.61. The number of benzene rings is 6. The molecule has 8 rings (SSSR count). The minimum atomic E-state index is -4.30. The van der Waals surface area contributed by atoms with Crippen LogP contribution in [0.25, 0.3) is 10.8 Å². The number of aliphatic hydroxyl groups is 1. The number of fused-ring (bicyclic) bond motifs is 1. The first kappa shape index (κ1) is 95.4. The number of rotatable bonds is 46. The van der Waals surface area contributed by atoms with Gasteiger partial charge in [0.1, 0.15) is 66.1 Å². The first-order chi connectivity index (χ1) is 57.4. The van der Waals surface area contributed by atoms with Gasteiger partial charge >= 0.3 is 5.97 Å². The van der Waals surface area contributed by atoms with Crippen LogP contribution >= 0.6 is 11.6 Å². The predicted molar refractivity (Wildman–Crippen MR) is 451 cm³/mol. The number of aliphatic carboxylic acids is 1. The number of ether oxygens (including phenoxy) is 1. The lowest BCUT2D eigenvalue weighted by Gasteiger charge is -2.31. The molecule has 0 unspecified atom stereocenters. The number of carboxylic acids is 1. The number of halogens is 1. The monoisotopic (exact) mass is 1730 g/mol. The Morgan fingerprint density at radius 3 is 1.48 bits per heavy atom. The van der Waals surface area contributed by atoms with Crippen LogP contribution in [-0.4, -0.2) is 237 Å². The zero-order chi connectivity index (χ0) is 88.1. The second-order valence-electron chi connectivity index (χ2n) is 30.6. The maximum absolute atomic E-state index is 15.6. The summed E-state index contributed by atoms with van der Waals surface area (Å²) in [6, 6.07) is 26.2. The fraction of sp³-hybridized carbons (Fsp3) is 0.439. The van der Waals surface area contributed by atoms with Gasteiger partial charge in [-0.3, -0.25) is 73.3 Å². The Balaban J connectivity index is 1.12. The molecule has 2 aliphatic rings. The lowest BCUT2D eigenvalue weighted by Crippen LogP contribution is -2.62. The molecule has 0 aromatic heterocycles. The summed E-state index contributed by atoms with van der Waals surface area (Å²) in [5.41, 5.74) is 14.7. The van der Waals surface area contributed by atoms with Crippen molar-refractivity contribution in [2.75, 3.05) is 64.3 Å². The van der Waals surface area contributed by atoms with Crippen molar-refractivity contribution in [1.82, 2.24) is 67.9 Å². The fourth-order valence-corrected chi connectivity index (χ4v) is 15.7. The molecule has 2 saturated heterocycles. The van der Waals surface area contributed by atoms with Crippen LogP contribution in [0.5, 0.6) is 0 Å². The van der Waals surface area contributed by atoms with Gasteiger partial charge in [-0.05, 0) is 113 Å². The number of carbonyl (C=O) groups excluding carboxylic acids is 10. The van der Waals surface area contributed by atoms with E-state index < -0.39 is 177 Å². The summed E-state index contributed by atoms with van der Waals surface area (Å²) in [5.74, 6) is -12.7. The molecule has 36 nitrogen and oxygen atoms in total. The van der Waals surface area contributed by atoms with Crippen molar-refractivity contribution in [2.24, 2.45) is 27.7 Å². The van der Waals surface area contributed by atoms with E-state index >= 15 is 24.0 Å². The third-order valence-corrected chi connectivity index (χ3v) is 21.9. The van der Waals surface area contributed by atoms with Crippen LogP contribution in [0.2, 0.25) is 5.02 Å². The van der Waals surface area contributed by atoms with Gasteiger partial charge in [0.05, 0.1) is 32.4 Å². The van der Waals surface area contributed by atoms with E-state index in [2.05, 4.69) is 58.1 Å². The van der Waals surface area contributed by atoms with Crippen molar-refractivity contribution >= 4 is 113 Å². The van der Waals surface area contributed by atoms with Gasteiger partial charge in [0.2, 0.25) is 79.1 Å². The number of morpholine rings is 1. The molecule has 0 aliphatic carbocycles. The van der Waals surface area contributed by atoms with Crippen molar-refractivity contribution in [3.05, 3.63) is 190 Å². The van der Waals surface area contributed by atoms with Gasteiger partial charge in [0, 0.05) is 70.0 Å². The molecule has 39 heteroatoms. The third-order valence-electron chi connectivity index (χ3n) is 20.2. The zero-order valence-electron chi connectivity index (χ0n) is 67.5. The van der Waals surface area contributed by atoms with Gasteiger partial charge in [-0.25, -0.2) is 27.1 Å². The van der Waals surface area contributed by atoms with Crippen LogP contribution in [0, 0.1) is 11.3 Å². The standard InChI is InChI=1S/C82H109ClN18O18S2/c1-50(2)37-64(74(107)92-62(15-9-31-89-82(85)86)81(114)101-32-10-16-70(101)80(113)91-51(3)72(84)105)93-75(108)67(40-53-17-21-56(22-18-53)45-99-33-35-119-36-34-99)96-77(110)68(41-54-19-23-57(24-20-54)46-100(48-120(87,115)116)49-121(88,117)118)97-79(112)69(47-102)98-78(111)65(39-52-11-5-4-6-12-52)95-76(109)66(42-55-26-29-61(83)30-27-55)94-73(106)63(90-44-71(103)104)43-58-25-28-59-13-7-8-14-60(59)38-58/h4-8,11-14,17-30,38,50-51,62-70,90,102H,9-10,15-16,31-37,39-49H2,1-3H3,(H2,84,105)(H,91,113)(H,92,107)(H,93,108)(H,94,106)(H,95,109)(H,96,110)(H,97,112)(H,98,111)(H,103,104)(H4,85,86,89)(H2,87,115,116)(H2,88,117,118)/t51-,62+,63-,64+,65-,66-,67-,68+,69+,70+/m1/s1. The molecule has 21 N–H and O–H groups in total. The Morgan fingerprint density at radius 2 is 0.975 bits per heavy atom. The molecule has 6 aromatic rings. The highest BCUT2D eigenvalue weighted by molar-refractivity contribution is 7.89. The van der Waals surface area contributed by atoms with Crippen LogP contribution in [0.4, 0.5) is 0 Å². The number of hydrogen-bond acceptors (Lipinski definition) is 21. The predicted octanol–water partition coefficient (Wildman–Crippen LogP) is -1.15. The zero-order valence-corrected chi connectivity index (χ0v) is 69.9. The number of nitrogens with one attached hydrogen (secondary N) is 11. The molecule has 10 atom stereocenters. The van der Waals surface area contributed by atoms with E-state index in [4.69, 9.17) is 43.5 Å². The first-order valence-corrected chi connectivity index (χ1v) is 43.4.